The fourth-order valence-electron chi connectivity index (χ4n) is 1.96. The molecule has 1 N–H and O–H groups in total. The highest BCUT2D eigenvalue weighted by Crippen LogP contribution is 2.23. The predicted octanol–water partition coefficient (Wildman–Crippen LogP) is 2.18. The minimum absolute atomic E-state index is 0.139. The molecule has 0 aromatic heterocycles. The Bertz CT molecular complexity index is 283. The molecule has 1 fully saturated rings. The molecule has 2 unspecified atom stereocenters. The number of amides is 1. The first-order valence-electron chi connectivity index (χ1n) is 6.10. The van der Waals surface area contributed by atoms with Gasteiger partial charge in [0.15, 0.2) is 0 Å². The van der Waals surface area contributed by atoms with E-state index in [0.717, 1.165) is 6.42 Å². The number of carbonyl (C=O) groups excluding carboxylic acids is 1. The molecule has 2 atom stereocenters. The standard InChI is InChI=1S/C13H23NO3/c1-5-6-11(15)10-7-8-14(9-10)12(16)17-13(2,3)4/h5,10-11,15H,1,6-9H2,2-4H3. The van der Waals surface area contributed by atoms with Crippen LogP contribution in [0, 0.1) is 5.92 Å². The van der Waals surface area contributed by atoms with Crippen molar-refractivity contribution in [3.05, 3.63) is 12.7 Å². The molecule has 0 saturated carbocycles. The highest BCUT2D eigenvalue weighted by molar-refractivity contribution is 5.68. The van der Waals surface area contributed by atoms with Crippen LogP contribution in [0.2, 0.25) is 0 Å². The van der Waals surface area contributed by atoms with Gasteiger partial charge in [-0.3, -0.25) is 0 Å². The van der Waals surface area contributed by atoms with Gasteiger partial charge in [0.1, 0.15) is 5.60 Å². The molecule has 0 aromatic rings. The summed E-state index contributed by atoms with van der Waals surface area (Å²) in [6.45, 7) is 10.4. The highest BCUT2D eigenvalue weighted by atomic mass is 16.6. The average molecular weight is 241 g/mol. The zero-order valence-corrected chi connectivity index (χ0v) is 11.0. The number of rotatable bonds is 3. The van der Waals surface area contributed by atoms with Crippen LogP contribution in [-0.2, 0) is 4.74 Å². The number of aliphatic hydroxyl groups excluding tert-OH is 1. The second-order valence-corrected chi connectivity index (χ2v) is 5.57. The Morgan fingerprint density at radius 3 is 2.82 bits per heavy atom. The van der Waals surface area contributed by atoms with Crippen LogP contribution in [0.25, 0.3) is 0 Å². The zero-order chi connectivity index (χ0) is 13.1. The third-order valence-corrected chi connectivity index (χ3v) is 2.83. The molecule has 1 aliphatic heterocycles. The quantitative estimate of drug-likeness (QED) is 0.770. The van der Waals surface area contributed by atoms with Gasteiger partial charge in [-0.1, -0.05) is 6.08 Å². The molecule has 0 aromatic carbocycles. The maximum absolute atomic E-state index is 11.8. The summed E-state index contributed by atoms with van der Waals surface area (Å²) in [5.41, 5.74) is -0.463. The highest BCUT2D eigenvalue weighted by Gasteiger charge is 2.32. The summed E-state index contributed by atoms with van der Waals surface area (Å²) in [6, 6.07) is 0. The van der Waals surface area contributed by atoms with Gasteiger partial charge < -0.3 is 14.7 Å². The molecule has 4 nitrogen and oxygen atoms in total. The van der Waals surface area contributed by atoms with Crippen LogP contribution in [0.5, 0.6) is 0 Å². The Hall–Kier alpha value is -1.03. The van der Waals surface area contributed by atoms with E-state index in [9.17, 15) is 9.90 Å². The topological polar surface area (TPSA) is 49.8 Å². The number of ether oxygens (including phenoxy) is 1. The molecule has 17 heavy (non-hydrogen) atoms. The van der Waals surface area contributed by atoms with E-state index >= 15 is 0 Å². The summed E-state index contributed by atoms with van der Waals surface area (Å²) in [7, 11) is 0. The van der Waals surface area contributed by atoms with E-state index in [1.54, 1.807) is 11.0 Å². The van der Waals surface area contributed by atoms with Gasteiger partial charge in [-0.05, 0) is 33.6 Å². The third kappa shape index (κ3) is 4.38. The van der Waals surface area contributed by atoms with Crippen molar-refractivity contribution in [1.29, 1.82) is 0 Å². The normalized spacial score (nSPS) is 22.4. The van der Waals surface area contributed by atoms with Crippen molar-refractivity contribution in [1.82, 2.24) is 4.90 Å². The van der Waals surface area contributed by atoms with E-state index in [4.69, 9.17) is 4.74 Å². The third-order valence-electron chi connectivity index (χ3n) is 2.83. The van der Waals surface area contributed by atoms with E-state index < -0.39 is 11.7 Å². The number of likely N-dealkylation sites (tertiary alicyclic amines) is 1. The maximum atomic E-state index is 11.8. The molecule has 0 radical (unpaired) electrons. The van der Waals surface area contributed by atoms with E-state index in [2.05, 4.69) is 6.58 Å². The van der Waals surface area contributed by atoms with Gasteiger partial charge >= 0.3 is 6.09 Å². The molecule has 0 spiro atoms. The lowest BCUT2D eigenvalue weighted by molar-refractivity contribution is 0.0269. The van der Waals surface area contributed by atoms with E-state index in [1.165, 1.54) is 0 Å². The summed E-state index contributed by atoms with van der Waals surface area (Å²) in [4.78, 5) is 13.5. The summed E-state index contributed by atoms with van der Waals surface area (Å²) >= 11 is 0. The van der Waals surface area contributed by atoms with Gasteiger partial charge in [0, 0.05) is 19.0 Å². The largest absolute Gasteiger partial charge is 0.444 e. The van der Waals surface area contributed by atoms with Crippen molar-refractivity contribution in [2.24, 2.45) is 5.92 Å². The number of hydrogen-bond donors (Lipinski definition) is 1. The van der Waals surface area contributed by atoms with Crippen LogP contribution in [0.4, 0.5) is 4.79 Å². The number of carbonyl (C=O) groups is 1. The molecule has 98 valence electrons. The molecule has 1 heterocycles. The number of hydrogen-bond acceptors (Lipinski definition) is 3. The van der Waals surface area contributed by atoms with E-state index in [-0.39, 0.29) is 12.0 Å². The smallest absolute Gasteiger partial charge is 0.410 e. The van der Waals surface area contributed by atoms with Crippen molar-refractivity contribution in [2.45, 2.75) is 45.3 Å². The monoisotopic (exact) mass is 241 g/mol. The summed E-state index contributed by atoms with van der Waals surface area (Å²) in [5, 5.41) is 9.83. The minimum atomic E-state index is -0.463. The molecule has 1 rings (SSSR count). The van der Waals surface area contributed by atoms with Crippen molar-refractivity contribution in [3.63, 3.8) is 0 Å². The molecule has 4 heteroatoms. The average Bonchev–Trinajstić information content (AvgIpc) is 2.63. The van der Waals surface area contributed by atoms with Gasteiger partial charge in [-0.2, -0.15) is 0 Å². The Kier molecular flexibility index (Phi) is 4.57. The fraction of sp³-hybridized carbons (Fsp3) is 0.769. The van der Waals surface area contributed by atoms with Crippen molar-refractivity contribution < 1.29 is 14.6 Å². The van der Waals surface area contributed by atoms with Gasteiger partial charge in [-0.25, -0.2) is 4.79 Å². The zero-order valence-electron chi connectivity index (χ0n) is 11.0. The van der Waals surface area contributed by atoms with Gasteiger partial charge in [0.2, 0.25) is 0 Å². The molecule has 1 aliphatic rings. The molecule has 1 saturated heterocycles. The van der Waals surface area contributed by atoms with Crippen LogP contribution in [0.1, 0.15) is 33.6 Å². The summed E-state index contributed by atoms with van der Waals surface area (Å²) in [5.74, 6) is 0.139. The lowest BCUT2D eigenvalue weighted by atomic mass is 9.99. The first-order chi connectivity index (χ1) is 7.83. The Labute approximate surface area is 103 Å². The minimum Gasteiger partial charge on any atom is -0.444 e. The van der Waals surface area contributed by atoms with E-state index in [1.807, 2.05) is 20.8 Å². The Morgan fingerprint density at radius 1 is 1.65 bits per heavy atom. The van der Waals surface area contributed by atoms with Crippen LogP contribution in [0.3, 0.4) is 0 Å². The van der Waals surface area contributed by atoms with Gasteiger partial charge in [0.25, 0.3) is 0 Å². The predicted molar refractivity (Wildman–Crippen MR) is 66.7 cm³/mol. The Balaban J connectivity index is 2.44. The molecule has 0 aliphatic carbocycles. The lowest BCUT2D eigenvalue weighted by Crippen LogP contribution is -2.36. The van der Waals surface area contributed by atoms with Crippen molar-refractivity contribution >= 4 is 6.09 Å². The summed E-state index contributed by atoms with van der Waals surface area (Å²) in [6.07, 6.45) is 2.42. The first kappa shape index (κ1) is 14.0. The lowest BCUT2D eigenvalue weighted by Gasteiger charge is -2.24. The maximum Gasteiger partial charge on any atom is 0.410 e. The van der Waals surface area contributed by atoms with Crippen LogP contribution >= 0.6 is 0 Å². The fourth-order valence-corrected chi connectivity index (χ4v) is 1.96. The first-order valence-corrected chi connectivity index (χ1v) is 6.10. The SMILES string of the molecule is C=CCC(O)C1CCN(C(=O)OC(C)(C)C)C1. The van der Waals surface area contributed by atoms with Crippen LogP contribution in [0.15, 0.2) is 12.7 Å². The number of nitrogens with zero attached hydrogens (tertiary/aromatic N) is 1. The van der Waals surface area contributed by atoms with Crippen molar-refractivity contribution in [3.8, 4) is 0 Å². The van der Waals surface area contributed by atoms with Crippen LogP contribution < -0.4 is 0 Å². The number of aliphatic hydroxyl groups is 1. The molecular weight excluding hydrogens is 218 g/mol. The molecule has 0 bridgehead atoms. The van der Waals surface area contributed by atoms with Gasteiger partial charge in [-0.15, -0.1) is 6.58 Å². The van der Waals surface area contributed by atoms with Crippen molar-refractivity contribution in [2.75, 3.05) is 13.1 Å². The molecular formula is C13H23NO3. The van der Waals surface area contributed by atoms with Gasteiger partial charge in [0.05, 0.1) is 6.10 Å². The summed E-state index contributed by atoms with van der Waals surface area (Å²) < 4.78 is 5.29. The second-order valence-electron chi connectivity index (χ2n) is 5.57. The Morgan fingerprint density at radius 2 is 2.29 bits per heavy atom. The van der Waals surface area contributed by atoms with E-state index in [0.29, 0.717) is 19.5 Å². The molecule has 1 amide bonds. The van der Waals surface area contributed by atoms with Crippen LogP contribution in [-0.4, -0.2) is 40.9 Å². The second kappa shape index (κ2) is 5.54.